The Morgan fingerprint density at radius 1 is 1.53 bits per heavy atom. The molecule has 1 aliphatic rings. The summed E-state index contributed by atoms with van der Waals surface area (Å²) in [6, 6.07) is 2.30. The predicted molar refractivity (Wildman–Crippen MR) is 66.8 cm³/mol. The molecule has 0 spiro atoms. The number of carbonyl (C=O) groups excluding carboxylic acids is 1. The van der Waals surface area contributed by atoms with E-state index in [-0.39, 0.29) is 16.5 Å². The van der Waals surface area contributed by atoms with E-state index in [4.69, 9.17) is 11.6 Å². The van der Waals surface area contributed by atoms with Crippen LogP contribution < -0.4 is 0 Å². The van der Waals surface area contributed by atoms with Gasteiger partial charge in [-0.05, 0) is 19.1 Å². The lowest BCUT2D eigenvalue weighted by molar-refractivity contribution is -0.119. The van der Waals surface area contributed by atoms with Gasteiger partial charge in [-0.1, -0.05) is 23.8 Å². The average Bonchev–Trinajstić information content (AvgIpc) is 2.84. The molecular weight excluding hydrogens is 282 g/mol. The molecule has 1 aliphatic heterocycles. The number of carbonyl (C=O) groups is 1. The molecule has 0 amide bonds. The molecule has 0 radical (unpaired) electrons. The highest BCUT2D eigenvalue weighted by atomic mass is 35.5. The summed E-state index contributed by atoms with van der Waals surface area (Å²) in [5, 5.41) is 0. The lowest BCUT2D eigenvalue weighted by Crippen LogP contribution is -2.39. The molecule has 0 N–H and O–H groups in total. The van der Waals surface area contributed by atoms with Gasteiger partial charge in [0.25, 0.3) is 10.0 Å². The van der Waals surface area contributed by atoms with Crippen molar-refractivity contribution >= 4 is 38.7 Å². The summed E-state index contributed by atoms with van der Waals surface area (Å²) < 4.78 is 26.3. The maximum atomic E-state index is 12.2. The normalized spacial score (nSPS) is 20.9. The number of ketones is 1. The molecule has 0 unspecified atom stereocenters. The first-order chi connectivity index (χ1) is 7.93. The summed E-state index contributed by atoms with van der Waals surface area (Å²) in [6.07, 6.45) is 3.29. The number of Topliss-reactive ketones (excluding diaryl/α,β-unsaturated/α-hetero) is 1. The first-order valence-corrected chi connectivity index (χ1v) is 7.50. The molecular formula is C10H10ClNO3S2. The van der Waals surface area contributed by atoms with E-state index in [1.807, 2.05) is 0 Å². The molecule has 0 aliphatic carbocycles. The van der Waals surface area contributed by atoms with Crippen molar-refractivity contribution < 1.29 is 13.2 Å². The van der Waals surface area contributed by atoms with Gasteiger partial charge in [-0.15, -0.1) is 11.3 Å². The quantitative estimate of drug-likeness (QED) is 0.800. The van der Waals surface area contributed by atoms with Gasteiger partial charge in [0.05, 0.1) is 4.34 Å². The Balaban J connectivity index is 2.37. The van der Waals surface area contributed by atoms with Crippen LogP contribution >= 0.6 is 22.9 Å². The topological polar surface area (TPSA) is 54.5 Å². The minimum absolute atomic E-state index is 0.164. The summed E-state index contributed by atoms with van der Waals surface area (Å²) in [5.74, 6) is -0.190. The van der Waals surface area contributed by atoms with E-state index in [1.165, 1.54) is 23.4 Å². The SMILES string of the molecule is CC(=O)[C@@H]1C=CCN1S(=O)(=O)c1ccc(Cl)s1. The highest BCUT2D eigenvalue weighted by molar-refractivity contribution is 7.91. The van der Waals surface area contributed by atoms with Gasteiger partial charge in [0.15, 0.2) is 5.78 Å². The Morgan fingerprint density at radius 2 is 2.24 bits per heavy atom. The van der Waals surface area contributed by atoms with E-state index in [0.717, 1.165) is 11.3 Å². The average molecular weight is 292 g/mol. The highest BCUT2D eigenvalue weighted by Crippen LogP contribution is 2.30. The largest absolute Gasteiger partial charge is 0.298 e. The standard InChI is InChI=1S/C10H10ClNO3S2/c1-7(13)8-3-2-6-12(8)17(14,15)10-5-4-9(11)16-10/h2-5,8H,6H2,1H3/t8-/m0/s1. The number of sulfonamides is 1. The van der Waals surface area contributed by atoms with E-state index in [0.29, 0.717) is 4.34 Å². The van der Waals surface area contributed by atoms with E-state index >= 15 is 0 Å². The van der Waals surface area contributed by atoms with Crippen molar-refractivity contribution in [2.24, 2.45) is 0 Å². The number of rotatable bonds is 3. The Labute approximate surface area is 109 Å². The molecule has 1 atom stereocenters. The molecule has 1 aromatic heterocycles. The van der Waals surface area contributed by atoms with Crippen molar-refractivity contribution in [3.63, 3.8) is 0 Å². The molecule has 1 aromatic rings. The molecule has 7 heteroatoms. The molecule has 0 fully saturated rings. The minimum atomic E-state index is -3.63. The Hall–Kier alpha value is -0.690. The predicted octanol–water partition coefficient (Wildman–Crippen LogP) is 1.92. The summed E-state index contributed by atoms with van der Waals surface area (Å²) >= 11 is 6.72. The summed E-state index contributed by atoms with van der Waals surface area (Å²) in [5.41, 5.74) is 0. The lowest BCUT2D eigenvalue weighted by Gasteiger charge is -2.20. The molecule has 17 heavy (non-hydrogen) atoms. The number of nitrogens with zero attached hydrogens (tertiary/aromatic N) is 1. The van der Waals surface area contributed by atoms with Crippen LogP contribution in [0.2, 0.25) is 4.34 Å². The first-order valence-electron chi connectivity index (χ1n) is 4.87. The van der Waals surface area contributed by atoms with Crippen molar-refractivity contribution in [1.82, 2.24) is 4.31 Å². The third-order valence-corrected chi connectivity index (χ3v) is 5.99. The van der Waals surface area contributed by atoms with Crippen LogP contribution in [-0.4, -0.2) is 31.1 Å². The van der Waals surface area contributed by atoms with Gasteiger partial charge in [0.1, 0.15) is 10.3 Å². The molecule has 92 valence electrons. The van der Waals surface area contributed by atoms with Crippen LogP contribution in [0.3, 0.4) is 0 Å². The smallest absolute Gasteiger partial charge is 0.253 e. The molecule has 0 saturated carbocycles. The summed E-state index contributed by atoms with van der Waals surface area (Å²) in [4.78, 5) is 11.4. The van der Waals surface area contributed by atoms with Crippen LogP contribution in [0.1, 0.15) is 6.92 Å². The van der Waals surface area contributed by atoms with Crippen molar-refractivity contribution in [3.05, 3.63) is 28.6 Å². The molecule has 4 nitrogen and oxygen atoms in total. The maximum absolute atomic E-state index is 12.2. The zero-order valence-corrected chi connectivity index (χ0v) is 11.3. The van der Waals surface area contributed by atoms with E-state index < -0.39 is 16.1 Å². The third-order valence-electron chi connectivity index (χ3n) is 2.44. The van der Waals surface area contributed by atoms with Gasteiger partial charge in [-0.25, -0.2) is 8.42 Å². The fourth-order valence-corrected chi connectivity index (χ4v) is 4.80. The number of hydrogen-bond donors (Lipinski definition) is 0. The van der Waals surface area contributed by atoms with Crippen molar-refractivity contribution in [2.75, 3.05) is 6.54 Å². The van der Waals surface area contributed by atoms with Gasteiger partial charge in [0, 0.05) is 6.54 Å². The van der Waals surface area contributed by atoms with Gasteiger partial charge in [0.2, 0.25) is 0 Å². The Morgan fingerprint density at radius 3 is 2.76 bits per heavy atom. The molecule has 2 rings (SSSR count). The van der Waals surface area contributed by atoms with Crippen LogP contribution in [-0.2, 0) is 14.8 Å². The van der Waals surface area contributed by atoms with Gasteiger partial charge in [-0.2, -0.15) is 4.31 Å². The van der Waals surface area contributed by atoms with Gasteiger partial charge in [-0.3, -0.25) is 4.79 Å². The second kappa shape index (κ2) is 4.53. The van der Waals surface area contributed by atoms with Crippen LogP contribution in [0.4, 0.5) is 0 Å². The van der Waals surface area contributed by atoms with Crippen LogP contribution in [0.5, 0.6) is 0 Å². The van der Waals surface area contributed by atoms with Gasteiger partial charge < -0.3 is 0 Å². The van der Waals surface area contributed by atoms with Crippen molar-refractivity contribution in [3.8, 4) is 0 Å². The third kappa shape index (κ3) is 2.30. The molecule has 0 bridgehead atoms. The fraction of sp³-hybridized carbons (Fsp3) is 0.300. The highest BCUT2D eigenvalue weighted by Gasteiger charge is 2.35. The fourth-order valence-electron chi connectivity index (χ4n) is 1.64. The van der Waals surface area contributed by atoms with E-state index in [9.17, 15) is 13.2 Å². The number of thiophene rings is 1. The van der Waals surface area contributed by atoms with Gasteiger partial charge >= 0.3 is 0 Å². The Kier molecular flexibility index (Phi) is 3.40. The molecule has 0 saturated heterocycles. The monoisotopic (exact) mass is 291 g/mol. The zero-order valence-electron chi connectivity index (χ0n) is 8.96. The zero-order chi connectivity index (χ0) is 12.6. The summed E-state index contributed by atoms with van der Waals surface area (Å²) in [7, 11) is -3.63. The van der Waals surface area contributed by atoms with Crippen LogP contribution in [0.25, 0.3) is 0 Å². The Bertz CT molecular complexity index is 576. The molecule has 0 aromatic carbocycles. The minimum Gasteiger partial charge on any atom is -0.298 e. The van der Waals surface area contributed by atoms with Crippen LogP contribution in [0, 0.1) is 0 Å². The second-order valence-corrected chi connectivity index (χ2v) is 7.45. The van der Waals surface area contributed by atoms with Crippen molar-refractivity contribution in [2.45, 2.75) is 17.2 Å². The molecule has 2 heterocycles. The van der Waals surface area contributed by atoms with Crippen LogP contribution in [0.15, 0.2) is 28.5 Å². The van der Waals surface area contributed by atoms with E-state index in [2.05, 4.69) is 0 Å². The maximum Gasteiger partial charge on any atom is 0.253 e. The lowest BCUT2D eigenvalue weighted by atomic mass is 10.2. The first kappa shape index (κ1) is 12.8. The van der Waals surface area contributed by atoms with E-state index in [1.54, 1.807) is 12.2 Å². The van der Waals surface area contributed by atoms with Crippen molar-refractivity contribution in [1.29, 1.82) is 0 Å². The number of hydrogen-bond acceptors (Lipinski definition) is 4. The number of halogens is 1. The second-order valence-electron chi connectivity index (χ2n) is 3.62. The summed E-state index contributed by atoms with van der Waals surface area (Å²) in [6.45, 7) is 1.60.